The van der Waals surface area contributed by atoms with Crippen molar-refractivity contribution in [1.82, 2.24) is 10.0 Å². The fraction of sp³-hybridized carbons (Fsp3) is 0.350. The molecule has 2 aromatic rings. The first-order valence-electron chi connectivity index (χ1n) is 8.82. The summed E-state index contributed by atoms with van der Waals surface area (Å²) in [5, 5.41) is 2.81. The minimum Gasteiger partial charge on any atom is -0.352 e. The van der Waals surface area contributed by atoms with E-state index in [0.717, 1.165) is 11.1 Å². The normalized spacial score (nSPS) is 11.6. The van der Waals surface area contributed by atoms with Gasteiger partial charge in [0.2, 0.25) is 15.9 Å². The van der Waals surface area contributed by atoms with E-state index in [4.69, 9.17) is 0 Å². The Bertz CT molecular complexity index is 865. The summed E-state index contributed by atoms with van der Waals surface area (Å²) >= 11 is 0. The van der Waals surface area contributed by atoms with Crippen LogP contribution in [-0.2, 0) is 33.5 Å². The molecular weight excluding hydrogens is 367 g/mol. The number of carbonyl (C=O) groups is 1. The van der Waals surface area contributed by atoms with Gasteiger partial charge in [0, 0.05) is 19.0 Å². The second kappa shape index (κ2) is 9.62. The van der Waals surface area contributed by atoms with Crippen LogP contribution in [0.15, 0.2) is 48.5 Å². The number of hydrogen-bond acceptors (Lipinski definition) is 3. The van der Waals surface area contributed by atoms with Crippen molar-refractivity contribution in [1.29, 1.82) is 0 Å². The molecule has 5 nitrogen and oxygen atoms in total. The van der Waals surface area contributed by atoms with Crippen LogP contribution >= 0.6 is 0 Å². The molecule has 0 bridgehead atoms. The molecule has 0 unspecified atom stereocenters. The van der Waals surface area contributed by atoms with Gasteiger partial charge in [-0.3, -0.25) is 4.79 Å². The zero-order valence-electron chi connectivity index (χ0n) is 15.5. The standard InChI is InChI=1S/C20H25FN2O3S/c1-15(2)23-27(25,26)14-18-8-6-17(7-9-18)13-22-20(24)11-10-16-4-3-5-19(21)12-16/h3-9,12,15,23H,10-11,13-14H2,1-2H3,(H,22,24). The molecule has 2 aromatic carbocycles. The highest BCUT2D eigenvalue weighted by Gasteiger charge is 2.12. The highest BCUT2D eigenvalue weighted by atomic mass is 32.2. The Labute approximate surface area is 160 Å². The second-order valence-corrected chi connectivity index (χ2v) is 8.51. The van der Waals surface area contributed by atoms with E-state index < -0.39 is 10.0 Å². The summed E-state index contributed by atoms with van der Waals surface area (Å²) in [6, 6.07) is 13.2. The van der Waals surface area contributed by atoms with Gasteiger partial charge in [-0.2, -0.15) is 0 Å². The van der Waals surface area contributed by atoms with Crippen molar-refractivity contribution in [2.24, 2.45) is 0 Å². The van der Waals surface area contributed by atoms with E-state index in [9.17, 15) is 17.6 Å². The van der Waals surface area contributed by atoms with E-state index in [-0.39, 0.29) is 29.9 Å². The predicted molar refractivity (Wildman–Crippen MR) is 104 cm³/mol. The summed E-state index contributed by atoms with van der Waals surface area (Å²) in [7, 11) is -3.36. The van der Waals surface area contributed by atoms with Crippen molar-refractivity contribution in [2.45, 2.75) is 45.0 Å². The molecule has 0 aliphatic heterocycles. The maximum absolute atomic E-state index is 13.1. The van der Waals surface area contributed by atoms with Crippen LogP contribution in [0.25, 0.3) is 0 Å². The Morgan fingerprint density at radius 1 is 1.04 bits per heavy atom. The number of nitrogens with one attached hydrogen (secondary N) is 2. The van der Waals surface area contributed by atoms with E-state index >= 15 is 0 Å². The molecule has 0 aromatic heterocycles. The molecule has 27 heavy (non-hydrogen) atoms. The zero-order valence-corrected chi connectivity index (χ0v) is 16.4. The van der Waals surface area contributed by atoms with Crippen molar-refractivity contribution >= 4 is 15.9 Å². The quantitative estimate of drug-likeness (QED) is 0.689. The fourth-order valence-corrected chi connectivity index (χ4v) is 4.05. The second-order valence-electron chi connectivity index (χ2n) is 6.75. The van der Waals surface area contributed by atoms with Gasteiger partial charge in [-0.25, -0.2) is 17.5 Å². The summed E-state index contributed by atoms with van der Waals surface area (Å²) in [4.78, 5) is 11.9. The molecule has 0 radical (unpaired) electrons. The third-order valence-corrected chi connectivity index (χ3v) is 5.36. The number of aryl methyl sites for hydroxylation is 1. The van der Waals surface area contributed by atoms with Crippen molar-refractivity contribution in [2.75, 3.05) is 0 Å². The van der Waals surface area contributed by atoms with Gasteiger partial charge in [0.15, 0.2) is 0 Å². The molecule has 0 saturated heterocycles. The van der Waals surface area contributed by atoms with E-state index in [2.05, 4.69) is 10.0 Å². The Kier molecular flexibility index (Phi) is 7.50. The van der Waals surface area contributed by atoms with Gasteiger partial charge in [0.05, 0.1) is 5.75 Å². The van der Waals surface area contributed by atoms with Crippen LogP contribution in [0.4, 0.5) is 4.39 Å². The molecule has 1 amide bonds. The largest absolute Gasteiger partial charge is 0.352 e. The van der Waals surface area contributed by atoms with Crippen LogP contribution < -0.4 is 10.0 Å². The number of rotatable bonds is 9. The number of sulfonamides is 1. The molecule has 2 rings (SSSR count). The molecular formula is C20H25FN2O3S. The van der Waals surface area contributed by atoms with Crippen LogP contribution in [0.1, 0.15) is 37.0 Å². The first-order valence-corrected chi connectivity index (χ1v) is 10.5. The van der Waals surface area contributed by atoms with Crippen molar-refractivity contribution < 1.29 is 17.6 Å². The van der Waals surface area contributed by atoms with Gasteiger partial charge < -0.3 is 5.32 Å². The molecule has 0 atom stereocenters. The van der Waals surface area contributed by atoms with Gasteiger partial charge in [0.1, 0.15) is 5.82 Å². The smallest absolute Gasteiger partial charge is 0.220 e. The number of halogens is 1. The Morgan fingerprint density at radius 3 is 2.33 bits per heavy atom. The Morgan fingerprint density at radius 2 is 1.70 bits per heavy atom. The van der Waals surface area contributed by atoms with Crippen LogP contribution in [0.2, 0.25) is 0 Å². The Hall–Kier alpha value is -2.25. The lowest BCUT2D eigenvalue weighted by atomic mass is 10.1. The molecule has 0 saturated carbocycles. The van der Waals surface area contributed by atoms with Crippen LogP contribution in [0.3, 0.4) is 0 Å². The lowest BCUT2D eigenvalue weighted by molar-refractivity contribution is -0.121. The molecule has 146 valence electrons. The van der Waals surface area contributed by atoms with Crippen molar-refractivity contribution in [3.8, 4) is 0 Å². The van der Waals surface area contributed by atoms with E-state index in [1.54, 1.807) is 50.2 Å². The molecule has 0 aliphatic rings. The lowest BCUT2D eigenvalue weighted by Crippen LogP contribution is -2.31. The minimum absolute atomic E-state index is 0.0779. The van der Waals surface area contributed by atoms with Crippen LogP contribution in [0, 0.1) is 5.82 Å². The maximum atomic E-state index is 13.1. The van der Waals surface area contributed by atoms with E-state index in [1.165, 1.54) is 12.1 Å². The van der Waals surface area contributed by atoms with Crippen molar-refractivity contribution in [3.63, 3.8) is 0 Å². The average Bonchev–Trinajstić information content (AvgIpc) is 2.58. The first kappa shape index (κ1) is 21.1. The highest BCUT2D eigenvalue weighted by Crippen LogP contribution is 2.09. The van der Waals surface area contributed by atoms with Gasteiger partial charge in [-0.15, -0.1) is 0 Å². The summed E-state index contributed by atoms with van der Waals surface area (Å²) in [6.07, 6.45) is 0.754. The summed E-state index contributed by atoms with van der Waals surface area (Å²) in [5.41, 5.74) is 2.35. The molecule has 0 heterocycles. The van der Waals surface area contributed by atoms with Crippen LogP contribution in [0.5, 0.6) is 0 Å². The average molecular weight is 392 g/mol. The third-order valence-electron chi connectivity index (χ3n) is 3.81. The maximum Gasteiger partial charge on any atom is 0.220 e. The summed E-state index contributed by atoms with van der Waals surface area (Å²) in [6.45, 7) is 3.91. The molecule has 0 aliphatic carbocycles. The third kappa shape index (κ3) is 7.88. The first-order chi connectivity index (χ1) is 12.7. The number of benzene rings is 2. The molecule has 7 heteroatoms. The van der Waals surface area contributed by atoms with Gasteiger partial charge in [-0.1, -0.05) is 36.4 Å². The molecule has 0 fully saturated rings. The van der Waals surface area contributed by atoms with Crippen LogP contribution in [-0.4, -0.2) is 20.4 Å². The predicted octanol–water partition coefficient (Wildman–Crippen LogP) is 2.90. The van der Waals surface area contributed by atoms with Gasteiger partial charge >= 0.3 is 0 Å². The lowest BCUT2D eigenvalue weighted by Gasteiger charge is -2.10. The number of hydrogen-bond donors (Lipinski definition) is 2. The van der Waals surface area contributed by atoms with E-state index in [0.29, 0.717) is 18.5 Å². The summed E-state index contributed by atoms with van der Waals surface area (Å²) < 4.78 is 39.5. The monoisotopic (exact) mass is 392 g/mol. The number of carbonyl (C=O) groups excluding carboxylic acids is 1. The summed E-state index contributed by atoms with van der Waals surface area (Å²) in [5.74, 6) is -0.503. The van der Waals surface area contributed by atoms with Gasteiger partial charge in [0.25, 0.3) is 0 Å². The topological polar surface area (TPSA) is 75.3 Å². The minimum atomic E-state index is -3.36. The van der Waals surface area contributed by atoms with Gasteiger partial charge in [-0.05, 0) is 49.1 Å². The van der Waals surface area contributed by atoms with Crippen molar-refractivity contribution in [3.05, 3.63) is 71.0 Å². The fourth-order valence-electron chi connectivity index (χ4n) is 2.61. The Balaban J connectivity index is 1.80. The molecule has 2 N–H and O–H groups in total. The number of amides is 1. The van der Waals surface area contributed by atoms with E-state index in [1.807, 2.05) is 0 Å². The highest BCUT2D eigenvalue weighted by molar-refractivity contribution is 7.88. The zero-order chi connectivity index (χ0) is 19.9. The SMILES string of the molecule is CC(C)NS(=O)(=O)Cc1ccc(CNC(=O)CCc2cccc(F)c2)cc1. The molecule has 0 spiro atoms.